The topological polar surface area (TPSA) is 46.5 Å². The molecule has 0 heterocycles. The van der Waals surface area contributed by atoms with Crippen LogP contribution in [0.5, 0.6) is 0 Å². The lowest BCUT2D eigenvalue weighted by molar-refractivity contribution is -0.375. The van der Waals surface area contributed by atoms with Crippen LogP contribution in [0.3, 0.4) is 0 Å². The van der Waals surface area contributed by atoms with Crippen LogP contribution in [0.15, 0.2) is 12.2 Å². The predicted octanol–water partition coefficient (Wildman–Crippen LogP) is 5.88. The molecule has 3 unspecified atom stereocenters. The first-order chi connectivity index (χ1) is 14.0. The number of halogens is 12. The summed E-state index contributed by atoms with van der Waals surface area (Å²) in [7, 11) is 0. The van der Waals surface area contributed by atoms with Crippen LogP contribution in [0, 0.1) is 17.8 Å². The Balaban J connectivity index is 3.49. The fourth-order valence-corrected chi connectivity index (χ4v) is 3.43. The highest BCUT2D eigenvalue weighted by atomic mass is 19.4. The molecule has 0 aliphatic heterocycles. The molecule has 32 heavy (non-hydrogen) atoms. The first-order valence-electron chi connectivity index (χ1n) is 8.86. The van der Waals surface area contributed by atoms with E-state index in [-0.39, 0.29) is 0 Å². The summed E-state index contributed by atoms with van der Waals surface area (Å²) in [6.07, 6.45) is -32.9. The Hall–Kier alpha value is -1.67. The van der Waals surface area contributed by atoms with Crippen LogP contribution in [0.2, 0.25) is 0 Å². The molecule has 0 spiro atoms. The molecule has 1 N–H and O–H groups in total. The number of rotatable bonds is 5. The van der Waals surface area contributed by atoms with Crippen LogP contribution in [0.4, 0.5) is 52.7 Å². The van der Waals surface area contributed by atoms with Crippen molar-refractivity contribution in [2.75, 3.05) is 0 Å². The van der Waals surface area contributed by atoms with Crippen LogP contribution in [-0.2, 0) is 9.53 Å². The average Bonchev–Trinajstić information content (AvgIpc) is 2.56. The van der Waals surface area contributed by atoms with Crippen molar-refractivity contribution < 1.29 is 67.3 Å². The Kier molecular flexibility index (Phi) is 7.92. The van der Waals surface area contributed by atoms with Crippen molar-refractivity contribution in [2.45, 2.75) is 69.0 Å². The monoisotopic (exact) mass is 498 g/mol. The molecule has 0 amide bonds. The van der Waals surface area contributed by atoms with E-state index in [9.17, 15) is 62.6 Å². The molecule has 1 rings (SSSR count). The molecular formula is C17H18F12O3. The van der Waals surface area contributed by atoms with Gasteiger partial charge in [0, 0.05) is 12.0 Å². The minimum absolute atomic E-state index is 0.590. The van der Waals surface area contributed by atoms with E-state index >= 15 is 0 Å². The Morgan fingerprint density at radius 3 is 1.53 bits per heavy atom. The van der Waals surface area contributed by atoms with Crippen LogP contribution < -0.4 is 0 Å². The van der Waals surface area contributed by atoms with Crippen molar-refractivity contribution in [3.63, 3.8) is 0 Å². The number of esters is 1. The van der Waals surface area contributed by atoms with Gasteiger partial charge in [0.15, 0.2) is 0 Å². The molecule has 0 aromatic rings. The standard InChI is InChI=1S/C17H18F12O3/c1-7(2)12(30)32-11(6-13(31,16(24,25)26)17(27,28)29)8-3-9(14(18,19)20)5-10(4-8)15(21,22)23/h8-11,31H,1,3-6H2,2H3. The van der Waals surface area contributed by atoms with Crippen molar-refractivity contribution >= 4 is 5.97 Å². The van der Waals surface area contributed by atoms with Gasteiger partial charge in [-0.05, 0) is 32.1 Å². The summed E-state index contributed by atoms with van der Waals surface area (Å²) in [4.78, 5) is 11.7. The van der Waals surface area contributed by atoms with Gasteiger partial charge in [0.1, 0.15) is 6.10 Å². The van der Waals surface area contributed by atoms with E-state index in [1.807, 2.05) is 0 Å². The van der Waals surface area contributed by atoms with Gasteiger partial charge in [0.25, 0.3) is 5.60 Å². The molecule has 0 bridgehead atoms. The van der Waals surface area contributed by atoms with Crippen molar-refractivity contribution in [3.8, 4) is 0 Å². The number of carbonyl (C=O) groups excluding carboxylic acids is 1. The third-order valence-electron chi connectivity index (χ3n) is 5.24. The van der Waals surface area contributed by atoms with E-state index in [0.29, 0.717) is 0 Å². The third kappa shape index (κ3) is 6.44. The molecule has 0 aromatic heterocycles. The van der Waals surface area contributed by atoms with Crippen molar-refractivity contribution in [2.24, 2.45) is 17.8 Å². The maximum atomic E-state index is 13.1. The van der Waals surface area contributed by atoms with Gasteiger partial charge in [-0.25, -0.2) is 4.79 Å². The number of hydrogen-bond acceptors (Lipinski definition) is 3. The molecule has 1 aliphatic carbocycles. The van der Waals surface area contributed by atoms with Gasteiger partial charge in [-0.2, -0.15) is 52.7 Å². The highest BCUT2D eigenvalue weighted by Gasteiger charge is 2.71. The lowest BCUT2D eigenvalue weighted by atomic mass is 9.70. The smallest absolute Gasteiger partial charge is 0.426 e. The number of ether oxygens (including phenoxy) is 1. The Labute approximate surface area is 173 Å². The molecular weight excluding hydrogens is 480 g/mol. The second-order valence-electron chi connectivity index (χ2n) is 7.73. The Bertz CT molecular complexity index is 653. The molecule has 0 saturated heterocycles. The van der Waals surface area contributed by atoms with Crippen LogP contribution in [0.1, 0.15) is 32.6 Å². The van der Waals surface area contributed by atoms with Gasteiger partial charge >= 0.3 is 30.7 Å². The van der Waals surface area contributed by atoms with Gasteiger partial charge < -0.3 is 9.84 Å². The fraction of sp³-hybridized carbons (Fsp3) is 0.824. The van der Waals surface area contributed by atoms with E-state index in [0.717, 1.165) is 6.92 Å². The summed E-state index contributed by atoms with van der Waals surface area (Å²) < 4.78 is 162. The van der Waals surface area contributed by atoms with Gasteiger partial charge in [0.2, 0.25) is 0 Å². The summed E-state index contributed by atoms with van der Waals surface area (Å²) in [5.41, 5.74) is -6.15. The highest BCUT2D eigenvalue weighted by molar-refractivity contribution is 5.87. The van der Waals surface area contributed by atoms with Crippen LogP contribution >= 0.6 is 0 Å². The van der Waals surface area contributed by atoms with Crippen molar-refractivity contribution in [1.82, 2.24) is 0 Å². The van der Waals surface area contributed by atoms with Gasteiger partial charge in [-0.3, -0.25) is 0 Å². The number of alkyl halides is 12. The summed E-state index contributed by atoms with van der Waals surface area (Å²) in [5, 5.41) is 9.38. The molecule has 0 radical (unpaired) electrons. The minimum atomic E-state index is -6.43. The van der Waals surface area contributed by atoms with Gasteiger partial charge in [-0.1, -0.05) is 6.58 Å². The van der Waals surface area contributed by atoms with Gasteiger partial charge in [0.05, 0.1) is 11.8 Å². The molecule has 1 fully saturated rings. The van der Waals surface area contributed by atoms with E-state index < -0.39 is 91.4 Å². The summed E-state index contributed by atoms with van der Waals surface area (Å²) in [6, 6.07) is 0. The summed E-state index contributed by atoms with van der Waals surface area (Å²) in [6.45, 7) is 3.91. The molecule has 0 aromatic carbocycles. The molecule has 1 aliphatic rings. The molecule has 188 valence electrons. The first kappa shape index (κ1) is 28.4. The normalized spacial score (nSPS) is 24.8. The van der Waals surface area contributed by atoms with Crippen molar-refractivity contribution in [1.29, 1.82) is 0 Å². The first-order valence-corrected chi connectivity index (χ1v) is 8.86. The van der Waals surface area contributed by atoms with E-state index in [2.05, 4.69) is 11.3 Å². The molecule has 15 heteroatoms. The maximum Gasteiger partial charge on any atom is 0.426 e. The minimum Gasteiger partial charge on any atom is -0.459 e. The SMILES string of the molecule is C=C(C)C(=O)OC(CC(O)(C(F)(F)F)C(F)(F)F)C1CC(C(F)(F)F)CC(C(F)(F)F)C1. The quantitative estimate of drug-likeness (QED) is 0.293. The highest BCUT2D eigenvalue weighted by Crippen LogP contribution is 2.52. The second kappa shape index (κ2) is 8.93. The molecule has 1 saturated carbocycles. The molecule has 3 atom stereocenters. The summed E-state index contributed by atoms with van der Waals surface area (Å²) in [5.74, 6) is -9.33. The zero-order valence-electron chi connectivity index (χ0n) is 16.1. The van der Waals surface area contributed by atoms with E-state index in [4.69, 9.17) is 0 Å². The predicted molar refractivity (Wildman–Crippen MR) is 82.8 cm³/mol. The fourth-order valence-electron chi connectivity index (χ4n) is 3.43. The average molecular weight is 498 g/mol. The zero-order valence-corrected chi connectivity index (χ0v) is 16.1. The summed E-state index contributed by atoms with van der Waals surface area (Å²) >= 11 is 0. The number of carbonyl (C=O) groups is 1. The Morgan fingerprint density at radius 1 is 0.875 bits per heavy atom. The van der Waals surface area contributed by atoms with E-state index in [1.165, 1.54) is 0 Å². The van der Waals surface area contributed by atoms with Gasteiger partial charge in [-0.15, -0.1) is 0 Å². The number of hydrogen-bond donors (Lipinski definition) is 1. The number of aliphatic hydroxyl groups is 1. The van der Waals surface area contributed by atoms with Crippen LogP contribution in [-0.4, -0.2) is 47.5 Å². The van der Waals surface area contributed by atoms with E-state index in [1.54, 1.807) is 0 Å². The largest absolute Gasteiger partial charge is 0.459 e. The Morgan fingerprint density at radius 2 is 1.25 bits per heavy atom. The van der Waals surface area contributed by atoms with Crippen molar-refractivity contribution in [3.05, 3.63) is 12.2 Å². The molecule has 3 nitrogen and oxygen atoms in total. The lowest BCUT2D eigenvalue weighted by Crippen LogP contribution is -2.59. The third-order valence-corrected chi connectivity index (χ3v) is 5.24. The lowest BCUT2D eigenvalue weighted by Gasteiger charge is -2.42. The second-order valence-corrected chi connectivity index (χ2v) is 7.73. The zero-order chi connectivity index (χ0) is 25.5. The van der Waals surface area contributed by atoms with Crippen LogP contribution in [0.25, 0.3) is 0 Å². The maximum absolute atomic E-state index is 13.1.